The second-order valence-electron chi connectivity index (χ2n) is 7.76. The fourth-order valence-corrected chi connectivity index (χ4v) is 3.73. The van der Waals surface area contributed by atoms with Gasteiger partial charge in [0.05, 0.1) is 26.0 Å². The number of carbonyl (C=O) groups is 1. The van der Waals surface area contributed by atoms with E-state index in [9.17, 15) is 4.79 Å². The molecule has 1 aromatic carbocycles. The van der Waals surface area contributed by atoms with E-state index < -0.39 is 0 Å². The predicted octanol–water partition coefficient (Wildman–Crippen LogP) is 2.41. The summed E-state index contributed by atoms with van der Waals surface area (Å²) in [6.07, 6.45) is 5.90. The first-order chi connectivity index (χ1) is 14.2. The number of benzene rings is 1. The third kappa shape index (κ3) is 4.87. The summed E-state index contributed by atoms with van der Waals surface area (Å²) in [5.41, 5.74) is 1.63. The van der Waals surface area contributed by atoms with Crippen molar-refractivity contribution in [3.05, 3.63) is 35.7 Å². The van der Waals surface area contributed by atoms with Crippen molar-refractivity contribution < 1.29 is 14.3 Å². The molecular formula is C21H29N5O3. The van der Waals surface area contributed by atoms with Crippen LogP contribution in [0.25, 0.3) is 0 Å². The van der Waals surface area contributed by atoms with E-state index in [0.29, 0.717) is 18.3 Å². The van der Waals surface area contributed by atoms with Gasteiger partial charge in [0.1, 0.15) is 0 Å². The van der Waals surface area contributed by atoms with E-state index in [-0.39, 0.29) is 11.9 Å². The highest BCUT2D eigenvalue weighted by molar-refractivity contribution is 5.92. The average Bonchev–Trinajstić information content (AvgIpc) is 3.40. The van der Waals surface area contributed by atoms with E-state index >= 15 is 0 Å². The van der Waals surface area contributed by atoms with Crippen molar-refractivity contribution in [2.75, 3.05) is 26.8 Å². The van der Waals surface area contributed by atoms with Crippen LogP contribution >= 0.6 is 0 Å². The summed E-state index contributed by atoms with van der Waals surface area (Å²) in [5.74, 6) is 1.45. The standard InChI is InChI=1S/C21H29N5O3/c1-3-29-20-12-15(4-7-19(20)28-2)13-25-10-8-17(9-11-25)26-14-18(23-24-26)21(27)22-16-5-6-16/h4,7,12,14,16-17H,3,5-6,8-11,13H2,1-2H3,(H,22,27). The molecule has 0 radical (unpaired) electrons. The van der Waals surface area contributed by atoms with Crippen LogP contribution in [-0.4, -0.2) is 58.6 Å². The molecule has 1 amide bonds. The van der Waals surface area contributed by atoms with Crippen molar-refractivity contribution in [2.24, 2.45) is 0 Å². The molecule has 1 N–H and O–H groups in total. The van der Waals surface area contributed by atoms with Crippen molar-refractivity contribution >= 4 is 5.91 Å². The summed E-state index contributed by atoms with van der Waals surface area (Å²) in [6.45, 7) is 5.42. The van der Waals surface area contributed by atoms with Gasteiger partial charge < -0.3 is 14.8 Å². The molecule has 2 heterocycles. The van der Waals surface area contributed by atoms with Crippen LogP contribution < -0.4 is 14.8 Å². The van der Waals surface area contributed by atoms with Crippen LogP contribution in [0, 0.1) is 0 Å². The van der Waals surface area contributed by atoms with E-state index in [1.165, 1.54) is 5.56 Å². The Labute approximate surface area is 171 Å². The SMILES string of the molecule is CCOc1cc(CN2CCC(n3cc(C(=O)NC4CC4)nn3)CC2)ccc1OC. The van der Waals surface area contributed by atoms with Gasteiger partial charge in [0.15, 0.2) is 17.2 Å². The zero-order valence-electron chi connectivity index (χ0n) is 17.1. The normalized spacial score (nSPS) is 17.9. The number of hydrogen-bond donors (Lipinski definition) is 1. The van der Waals surface area contributed by atoms with Crippen LogP contribution in [0.15, 0.2) is 24.4 Å². The second-order valence-corrected chi connectivity index (χ2v) is 7.76. The first kappa shape index (κ1) is 19.7. The summed E-state index contributed by atoms with van der Waals surface area (Å²) >= 11 is 0. The number of carbonyl (C=O) groups excluding carboxylic acids is 1. The van der Waals surface area contributed by atoms with Gasteiger partial charge in [-0.15, -0.1) is 5.10 Å². The Kier molecular flexibility index (Phi) is 5.99. The lowest BCUT2D eigenvalue weighted by Crippen LogP contribution is -2.34. The average molecular weight is 399 g/mol. The molecule has 156 valence electrons. The fraction of sp³-hybridized carbons (Fsp3) is 0.571. The molecule has 1 aliphatic heterocycles. The van der Waals surface area contributed by atoms with Crippen LogP contribution in [0.4, 0.5) is 0 Å². The van der Waals surface area contributed by atoms with Crippen LogP contribution in [0.3, 0.4) is 0 Å². The highest BCUT2D eigenvalue weighted by Gasteiger charge is 2.26. The largest absolute Gasteiger partial charge is 0.493 e. The molecule has 8 nitrogen and oxygen atoms in total. The Hall–Kier alpha value is -2.61. The van der Waals surface area contributed by atoms with Gasteiger partial charge in [-0.1, -0.05) is 11.3 Å². The van der Waals surface area contributed by atoms with Gasteiger partial charge in [0, 0.05) is 25.7 Å². The molecule has 1 saturated carbocycles. The summed E-state index contributed by atoms with van der Waals surface area (Å²) in [6, 6.07) is 6.75. The number of nitrogens with zero attached hydrogens (tertiary/aromatic N) is 4. The number of aromatic nitrogens is 3. The first-order valence-corrected chi connectivity index (χ1v) is 10.4. The van der Waals surface area contributed by atoms with E-state index in [0.717, 1.165) is 56.8 Å². The molecule has 0 spiro atoms. The van der Waals surface area contributed by atoms with Gasteiger partial charge in [-0.3, -0.25) is 9.69 Å². The highest BCUT2D eigenvalue weighted by atomic mass is 16.5. The zero-order chi connectivity index (χ0) is 20.2. The molecule has 2 aromatic rings. The fourth-order valence-electron chi connectivity index (χ4n) is 3.73. The third-order valence-corrected chi connectivity index (χ3v) is 5.52. The summed E-state index contributed by atoms with van der Waals surface area (Å²) in [4.78, 5) is 14.5. The van der Waals surface area contributed by atoms with Gasteiger partial charge in [-0.05, 0) is 50.3 Å². The van der Waals surface area contributed by atoms with Crippen molar-refractivity contribution in [2.45, 2.75) is 51.2 Å². The molecule has 1 saturated heterocycles. The van der Waals surface area contributed by atoms with Crippen molar-refractivity contribution in [3.8, 4) is 11.5 Å². The molecule has 4 rings (SSSR count). The Morgan fingerprint density at radius 1 is 1.21 bits per heavy atom. The van der Waals surface area contributed by atoms with Crippen LogP contribution in [0.2, 0.25) is 0 Å². The molecule has 1 aromatic heterocycles. The Morgan fingerprint density at radius 2 is 2.00 bits per heavy atom. The number of rotatable bonds is 8. The Balaban J connectivity index is 1.31. The van der Waals surface area contributed by atoms with Crippen molar-refractivity contribution in [1.82, 2.24) is 25.2 Å². The number of likely N-dealkylation sites (tertiary alicyclic amines) is 1. The monoisotopic (exact) mass is 399 g/mol. The minimum absolute atomic E-state index is 0.110. The van der Waals surface area contributed by atoms with Crippen molar-refractivity contribution in [1.29, 1.82) is 0 Å². The molecular weight excluding hydrogens is 370 g/mol. The molecule has 1 aliphatic carbocycles. The maximum Gasteiger partial charge on any atom is 0.273 e. The number of ether oxygens (including phenoxy) is 2. The van der Waals surface area contributed by atoms with Gasteiger partial charge in [0.25, 0.3) is 5.91 Å². The van der Waals surface area contributed by atoms with Gasteiger partial charge in [-0.25, -0.2) is 4.68 Å². The Morgan fingerprint density at radius 3 is 2.69 bits per heavy atom. The molecule has 0 atom stereocenters. The predicted molar refractivity (Wildman–Crippen MR) is 108 cm³/mol. The second kappa shape index (κ2) is 8.82. The zero-order valence-corrected chi connectivity index (χ0v) is 17.1. The minimum Gasteiger partial charge on any atom is -0.493 e. The van der Waals surface area contributed by atoms with E-state index in [4.69, 9.17) is 9.47 Å². The van der Waals surface area contributed by atoms with E-state index in [1.807, 2.05) is 17.7 Å². The smallest absolute Gasteiger partial charge is 0.273 e. The van der Waals surface area contributed by atoms with Gasteiger partial charge >= 0.3 is 0 Å². The lowest BCUT2D eigenvalue weighted by atomic mass is 10.0. The molecule has 0 bridgehead atoms. The van der Waals surface area contributed by atoms with E-state index in [2.05, 4.69) is 32.7 Å². The van der Waals surface area contributed by atoms with Crippen LogP contribution in [-0.2, 0) is 6.54 Å². The summed E-state index contributed by atoms with van der Waals surface area (Å²) < 4.78 is 12.9. The maximum atomic E-state index is 12.1. The van der Waals surface area contributed by atoms with Crippen LogP contribution in [0.1, 0.15) is 54.7 Å². The number of methoxy groups -OCH3 is 1. The molecule has 2 fully saturated rings. The quantitative estimate of drug-likeness (QED) is 0.734. The molecule has 0 unspecified atom stereocenters. The van der Waals surface area contributed by atoms with Crippen LogP contribution in [0.5, 0.6) is 11.5 Å². The van der Waals surface area contributed by atoms with E-state index in [1.54, 1.807) is 13.3 Å². The van der Waals surface area contributed by atoms with Gasteiger partial charge in [0.2, 0.25) is 0 Å². The Bertz CT molecular complexity index is 841. The third-order valence-electron chi connectivity index (χ3n) is 5.52. The maximum absolute atomic E-state index is 12.1. The number of hydrogen-bond acceptors (Lipinski definition) is 6. The highest BCUT2D eigenvalue weighted by Crippen LogP contribution is 2.29. The minimum atomic E-state index is -0.110. The molecule has 29 heavy (non-hydrogen) atoms. The topological polar surface area (TPSA) is 81.5 Å². The number of amides is 1. The molecule has 2 aliphatic rings. The van der Waals surface area contributed by atoms with Gasteiger partial charge in [-0.2, -0.15) is 0 Å². The van der Waals surface area contributed by atoms with Crippen molar-refractivity contribution in [3.63, 3.8) is 0 Å². The summed E-state index contributed by atoms with van der Waals surface area (Å²) in [5, 5.41) is 11.2. The first-order valence-electron chi connectivity index (χ1n) is 10.4. The number of nitrogens with one attached hydrogen (secondary N) is 1. The molecule has 8 heteroatoms. The lowest BCUT2D eigenvalue weighted by Gasteiger charge is -2.31. The summed E-state index contributed by atoms with van der Waals surface area (Å²) in [7, 11) is 1.66. The number of piperidine rings is 1. The lowest BCUT2D eigenvalue weighted by molar-refractivity contribution is 0.0946.